The van der Waals surface area contributed by atoms with Crippen LogP contribution < -0.4 is 5.32 Å². The fourth-order valence-electron chi connectivity index (χ4n) is 2.70. The number of benzene rings is 2. The van der Waals surface area contributed by atoms with E-state index < -0.39 is 4.92 Å². The largest absolute Gasteiger partial charge is 0.320 e. The monoisotopic (exact) mass is 409 g/mol. The fourth-order valence-corrected chi connectivity index (χ4v) is 3.45. The Hall–Kier alpha value is -3.46. The lowest BCUT2D eigenvalue weighted by atomic mass is 10.2. The number of nitro groups is 1. The van der Waals surface area contributed by atoms with Crippen LogP contribution in [0.4, 0.5) is 11.4 Å². The topological polar surface area (TPSA) is 103 Å². The van der Waals surface area contributed by atoms with Crippen LogP contribution in [0.2, 0.25) is 0 Å². The molecule has 0 atom stereocenters. The van der Waals surface area contributed by atoms with E-state index in [-0.39, 0.29) is 23.0 Å². The normalized spacial score (nSPS) is 10.5. The van der Waals surface area contributed by atoms with Crippen molar-refractivity contribution in [3.63, 3.8) is 0 Å². The second-order valence-corrected chi connectivity index (χ2v) is 7.13. The molecule has 1 amide bonds. The molecule has 0 bridgehead atoms. The number of amides is 1. The zero-order chi connectivity index (χ0) is 20.8. The summed E-state index contributed by atoms with van der Waals surface area (Å²) in [5.41, 5.74) is 1.69. The van der Waals surface area contributed by atoms with Gasteiger partial charge in [0.15, 0.2) is 11.0 Å². The smallest absolute Gasteiger partial charge is 0.293 e. The van der Waals surface area contributed by atoms with E-state index in [0.29, 0.717) is 17.5 Å². The highest BCUT2D eigenvalue weighted by Gasteiger charge is 2.18. The van der Waals surface area contributed by atoms with Gasteiger partial charge in [0.25, 0.3) is 5.69 Å². The first-order valence-electron chi connectivity index (χ1n) is 8.77. The minimum atomic E-state index is -0.511. The SMILES string of the molecule is C=CCn1c(SCC(=O)Nc2ccc(C)cc2[N+](=O)[O-])nnc1-c1ccccc1. The summed E-state index contributed by atoms with van der Waals surface area (Å²) in [6.45, 7) is 6.01. The van der Waals surface area contributed by atoms with Crippen LogP contribution in [0.15, 0.2) is 66.3 Å². The third-order valence-electron chi connectivity index (χ3n) is 4.02. The summed E-state index contributed by atoms with van der Waals surface area (Å²) in [4.78, 5) is 23.1. The van der Waals surface area contributed by atoms with Crippen molar-refractivity contribution in [2.45, 2.75) is 18.6 Å². The van der Waals surface area contributed by atoms with Crippen molar-refractivity contribution in [2.24, 2.45) is 0 Å². The maximum atomic E-state index is 12.4. The molecule has 1 aromatic heterocycles. The van der Waals surface area contributed by atoms with E-state index in [9.17, 15) is 14.9 Å². The predicted molar refractivity (Wildman–Crippen MR) is 113 cm³/mol. The van der Waals surface area contributed by atoms with Crippen LogP contribution in [-0.4, -0.2) is 31.3 Å². The number of hydrogen-bond acceptors (Lipinski definition) is 6. The Morgan fingerprint density at radius 3 is 2.72 bits per heavy atom. The highest BCUT2D eigenvalue weighted by molar-refractivity contribution is 7.99. The third kappa shape index (κ3) is 4.88. The first-order valence-corrected chi connectivity index (χ1v) is 9.75. The summed E-state index contributed by atoms with van der Waals surface area (Å²) >= 11 is 1.21. The Morgan fingerprint density at radius 1 is 1.28 bits per heavy atom. The van der Waals surface area contributed by atoms with Gasteiger partial charge in [-0.3, -0.25) is 19.5 Å². The number of carbonyl (C=O) groups excluding carboxylic acids is 1. The molecule has 0 aliphatic carbocycles. The second kappa shape index (κ2) is 9.16. The lowest BCUT2D eigenvalue weighted by Gasteiger charge is -2.08. The van der Waals surface area contributed by atoms with Gasteiger partial charge in [-0.2, -0.15) is 0 Å². The van der Waals surface area contributed by atoms with Gasteiger partial charge in [0, 0.05) is 18.2 Å². The molecule has 0 aliphatic rings. The number of rotatable bonds is 8. The minimum absolute atomic E-state index is 0.0368. The molecule has 3 rings (SSSR count). The van der Waals surface area contributed by atoms with E-state index in [0.717, 1.165) is 11.1 Å². The molecule has 29 heavy (non-hydrogen) atoms. The van der Waals surface area contributed by atoms with Crippen molar-refractivity contribution in [1.29, 1.82) is 0 Å². The van der Waals surface area contributed by atoms with Gasteiger partial charge in [-0.05, 0) is 18.6 Å². The summed E-state index contributed by atoms with van der Waals surface area (Å²) in [6.07, 6.45) is 1.73. The number of allylic oxidation sites excluding steroid dienone is 1. The number of aryl methyl sites for hydroxylation is 1. The molecule has 1 heterocycles. The van der Waals surface area contributed by atoms with Crippen molar-refractivity contribution in [1.82, 2.24) is 14.8 Å². The van der Waals surface area contributed by atoms with Gasteiger partial charge in [-0.1, -0.05) is 54.2 Å². The van der Waals surface area contributed by atoms with Gasteiger partial charge in [0.05, 0.1) is 10.7 Å². The van der Waals surface area contributed by atoms with Crippen molar-refractivity contribution in [3.05, 3.63) is 76.9 Å². The van der Waals surface area contributed by atoms with E-state index in [1.807, 2.05) is 34.9 Å². The zero-order valence-electron chi connectivity index (χ0n) is 15.7. The molecule has 0 saturated heterocycles. The van der Waals surface area contributed by atoms with Crippen LogP contribution in [0.3, 0.4) is 0 Å². The summed E-state index contributed by atoms with van der Waals surface area (Å²) in [5, 5.41) is 22.8. The lowest BCUT2D eigenvalue weighted by Crippen LogP contribution is -2.15. The van der Waals surface area contributed by atoms with E-state index in [2.05, 4.69) is 22.1 Å². The Bertz CT molecular complexity index is 1050. The number of aromatic nitrogens is 3. The maximum Gasteiger partial charge on any atom is 0.293 e. The molecular formula is C20H19N5O3S. The minimum Gasteiger partial charge on any atom is -0.320 e. The first kappa shape index (κ1) is 20.3. The molecule has 2 aromatic carbocycles. The summed E-state index contributed by atoms with van der Waals surface area (Å²) in [7, 11) is 0. The molecule has 0 unspecified atom stereocenters. The quantitative estimate of drug-likeness (QED) is 0.260. The molecule has 0 aliphatic heterocycles. The maximum absolute atomic E-state index is 12.4. The standard InChI is InChI=1S/C20H19N5O3S/c1-3-11-24-19(15-7-5-4-6-8-15)22-23-20(24)29-13-18(26)21-16-10-9-14(2)12-17(16)25(27)28/h3-10,12H,1,11,13H2,2H3,(H,21,26). The number of thioether (sulfide) groups is 1. The first-order chi connectivity index (χ1) is 14.0. The number of nitrogens with zero attached hydrogens (tertiary/aromatic N) is 4. The zero-order valence-corrected chi connectivity index (χ0v) is 16.6. The molecule has 9 heteroatoms. The van der Waals surface area contributed by atoms with Crippen molar-refractivity contribution < 1.29 is 9.72 Å². The van der Waals surface area contributed by atoms with E-state index in [1.54, 1.807) is 19.1 Å². The predicted octanol–water partition coefficient (Wildman–Crippen LogP) is 4.08. The van der Waals surface area contributed by atoms with Crippen molar-refractivity contribution in [2.75, 3.05) is 11.1 Å². The number of hydrogen-bond donors (Lipinski definition) is 1. The van der Waals surface area contributed by atoms with E-state index in [1.165, 1.54) is 23.9 Å². The highest BCUT2D eigenvalue weighted by Crippen LogP contribution is 2.27. The average Bonchev–Trinajstić information content (AvgIpc) is 3.11. The number of carbonyl (C=O) groups is 1. The van der Waals surface area contributed by atoms with E-state index >= 15 is 0 Å². The molecule has 1 N–H and O–H groups in total. The molecule has 148 valence electrons. The molecule has 0 fully saturated rings. The Kier molecular flexibility index (Phi) is 6.40. The molecule has 8 nitrogen and oxygen atoms in total. The highest BCUT2D eigenvalue weighted by atomic mass is 32.2. The lowest BCUT2D eigenvalue weighted by molar-refractivity contribution is -0.384. The summed E-state index contributed by atoms with van der Waals surface area (Å²) in [5.74, 6) is 0.355. The van der Waals surface area contributed by atoms with Gasteiger partial charge in [-0.15, -0.1) is 16.8 Å². The van der Waals surface area contributed by atoms with Crippen LogP contribution in [0, 0.1) is 17.0 Å². The van der Waals surface area contributed by atoms with Crippen LogP contribution in [0.5, 0.6) is 0 Å². The van der Waals surface area contributed by atoms with Gasteiger partial charge in [0.1, 0.15) is 5.69 Å². The third-order valence-corrected chi connectivity index (χ3v) is 4.98. The molecular weight excluding hydrogens is 390 g/mol. The molecule has 0 spiro atoms. The summed E-state index contributed by atoms with van der Waals surface area (Å²) < 4.78 is 1.87. The molecule has 0 radical (unpaired) electrons. The van der Waals surface area contributed by atoms with Gasteiger partial charge < -0.3 is 5.32 Å². The number of anilines is 1. The van der Waals surface area contributed by atoms with E-state index in [4.69, 9.17) is 0 Å². The summed E-state index contributed by atoms with van der Waals surface area (Å²) in [6, 6.07) is 14.3. The van der Waals surface area contributed by atoms with Crippen LogP contribution in [0.25, 0.3) is 11.4 Å². The van der Waals surface area contributed by atoms with Gasteiger partial charge >= 0.3 is 0 Å². The van der Waals surface area contributed by atoms with Crippen LogP contribution in [0.1, 0.15) is 5.56 Å². The van der Waals surface area contributed by atoms with Gasteiger partial charge in [0.2, 0.25) is 5.91 Å². The fraction of sp³-hybridized carbons (Fsp3) is 0.150. The van der Waals surface area contributed by atoms with Crippen LogP contribution in [-0.2, 0) is 11.3 Å². The average molecular weight is 409 g/mol. The number of nitrogens with one attached hydrogen (secondary N) is 1. The Labute approximate surface area is 171 Å². The Balaban J connectivity index is 1.73. The van der Waals surface area contributed by atoms with Gasteiger partial charge in [-0.25, -0.2) is 0 Å². The van der Waals surface area contributed by atoms with Crippen molar-refractivity contribution in [3.8, 4) is 11.4 Å². The molecule has 0 saturated carbocycles. The Morgan fingerprint density at radius 2 is 2.03 bits per heavy atom. The second-order valence-electron chi connectivity index (χ2n) is 6.19. The number of nitro benzene ring substituents is 1. The molecule has 3 aromatic rings. The van der Waals surface area contributed by atoms with Crippen molar-refractivity contribution >= 4 is 29.0 Å². The van der Waals surface area contributed by atoms with Crippen LogP contribution >= 0.6 is 11.8 Å².